The number of hydrogen-bond acceptors (Lipinski definition) is 4. The Morgan fingerprint density at radius 3 is 2.35 bits per heavy atom. The Balaban J connectivity index is 2.35. The summed E-state index contributed by atoms with van der Waals surface area (Å²) in [6.07, 6.45) is 0.898. The van der Waals surface area contributed by atoms with Crippen LogP contribution >= 0.6 is 27.3 Å². The van der Waals surface area contributed by atoms with Crippen molar-refractivity contribution in [2.24, 2.45) is 0 Å². The maximum Gasteiger partial charge on any atom is 0.203 e. The van der Waals surface area contributed by atoms with Gasteiger partial charge in [-0.1, -0.05) is 22.0 Å². The van der Waals surface area contributed by atoms with Crippen LogP contribution in [-0.4, -0.2) is 21.3 Å². The quantitative estimate of drug-likeness (QED) is 0.715. The van der Waals surface area contributed by atoms with E-state index < -0.39 is 0 Å². The van der Waals surface area contributed by atoms with Gasteiger partial charge in [-0.05, 0) is 34.9 Å². The topological polar surface area (TPSA) is 27.7 Å². The van der Waals surface area contributed by atoms with E-state index in [0.717, 1.165) is 12.0 Å². The molecule has 0 aliphatic heterocycles. The molecule has 0 aliphatic carbocycles. The van der Waals surface area contributed by atoms with Crippen molar-refractivity contribution < 1.29 is 14.2 Å². The van der Waals surface area contributed by atoms with Crippen molar-refractivity contribution in [3.05, 3.63) is 40.1 Å². The lowest BCUT2D eigenvalue weighted by molar-refractivity contribution is 0.322. The molecular formula is C15H17BrO3S. The first kappa shape index (κ1) is 15.2. The van der Waals surface area contributed by atoms with Crippen molar-refractivity contribution in [1.29, 1.82) is 0 Å². The summed E-state index contributed by atoms with van der Waals surface area (Å²) < 4.78 is 16.2. The summed E-state index contributed by atoms with van der Waals surface area (Å²) in [6.45, 7) is 0. The highest BCUT2D eigenvalue weighted by atomic mass is 79.9. The number of halogens is 1. The fourth-order valence-corrected chi connectivity index (χ4v) is 3.51. The molecule has 5 heteroatoms. The summed E-state index contributed by atoms with van der Waals surface area (Å²) in [5, 5.41) is 4.24. The molecule has 0 spiro atoms. The minimum absolute atomic E-state index is 0.159. The first-order valence-electron chi connectivity index (χ1n) is 6.15. The lowest BCUT2D eigenvalue weighted by Gasteiger charge is -2.18. The van der Waals surface area contributed by atoms with Crippen LogP contribution in [0, 0.1) is 0 Å². The first-order chi connectivity index (χ1) is 9.71. The van der Waals surface area contributed by atoms with E-state index in [9.17, 15) is 0 Å². The van der Waals surface area contributed by atoms with E-state index in [0.29, 0.717) is 17.2 Å². The number of methoxy groups -OCH3 is 3. The van der Waals surface area contributed by atoms with E-state index >= 15 is 0 Å². The molecule has 1 aromatic carbocycles. The monoisotopic (exact) mass is 356 g/mol. The molecule has 0 N–H and O–H groups in total. The van der Waals surface area contributed by atoms with Gasteiger partial charge in [-0.3, -0.25) is 0 Å². The standard InChI is InChI=1S/C15H17BrO3S/c1-17-13-5-4-11(14(18-2)15(13)19-3)12(16)8-10-6-7-20-9-10/h4-7,9,12H,8H2,1-3H3. The summed E-state index contributed by atoms with van der Waals surface area (Å²) in [5.41, 5.74) is 2.35. The maximum atomic E-state index is 5.52. The van der Waals surface area contributed by atoms with E-state index in [1.54, 1.807) is 32.7 Å². The SMILES string of the molecule is COc1ccc(C(Br)Cc2ccsc2)c(OC)c1OC. The predicted octanol–water partition coefficient (Wildman–Crippen LogP) is 4.45. The van der Waals surface area contributed by atoms with Crippen molar-refractivity contribution in [2.75, 3.05) is 21.3 Å². The van der Waals surface area contributed by atoms with Gasteiger partial charge in [0.25, 0.3) is 0 Å². The number of alkyl halides is 1. The second-order valence-electron chi connectivity index (χ2n) is 4.23. The Hall–Kier alpha value is -1.20. The van der Waals surface area contributed by atoms with E-state index in [4.69, 9.17) is 14.2 Å². The number of benzene rings is 1. The van der Waals surface area contributed by atoms with Gasteiger partial charge in [-0.2, -0.15) is 11.3 Å². The molecule has 0 aliphatic rings. The Labute approximate surface area is 131 Å². The third kappa shape index (κ3) is 3.10. The zero-order valence-electron chi connectivity index (χ0n) is 11.7. The molecule has 1 heterocycles. The Kier molecular flexibility index (Phi) is 5.31. The van der Waals surface area contributed by atoms with Crippen LogP contribution in [0.5, 0.6) is 17.2 Å². The molecule has 20 heavy (non-hydrogen) atoms. The Bertz CT molecular complexity index is 554. The lowest BCUT2D eigenvalue weighted by Crippen LogP contribution is -2.02. The van der Waals surface area contributed by atoms with Crippen molar-refractivity contribution in [1.82, 2.24) is 0 Å². The third-order valence-electron chi connectivity index (χ3n) is 3.07. The summed E-state index contributed by atoms with van der Waals surface area (Å²) >= 11 is 5.44. The molecule has 1 atom stereocenters. The molecule has 0 bridgehead atoms. The fraction of sp³-hybridized carbons (Fsp3) is 0.333. The fourth-order valence-electron chi connectivity index (χ4n) is 2.10. The van der Waals surface area contributed by atoms with Crippen LogP contribution in [0.3, 0.4) is 0 Å². The van der Waals surface area contributed by atoms with Gasteiger partial charge in [-0.25, -0.2) is 0 Å². The Morgan fingerprint density at radius 1 is 1.05 bits per heavy atom. The number of hydrogen-bond donors (Lipinski definition) is 0. The molecule has 0 radical (unpaired) electrons. The maximum absolute atomic E-state index is 5.52. The van der Waals surface area contributed by atoms with Gasteiger partial charge in [0.05, 0.1) is 21.3 Å². The van der Waals surface area contributed by atoms with Crippen LogP contribution in [0.25, 0.3) is 0 Å². The van der Waals surface area contributed by atoms with Crippen LogP contribution in [0.15, 0.2) is 29.0 Å². The summed E-state index contributed by atoms with van der Waals surface area (Å²) in [6, 6.07) is 6.04. The molecule has 2 aromatic rings. The van der Waals surface area contributed by atoms with Gasteiger partial charge in [0, 0.05) is 10.4 Å². The molecule has 108 valence electrons. The molecule has 0 fully saturated rings. The van der Waals surface area contributed by atoms with Crippen LogP contribution in [-0.2, 0) is 6.42 Å². The first-order valence-corrected chi connectivity index (χ1v) is 8.01. The van der Waals surface area contributed by atoms with Gasteiger partial charge in [0.15, 0.2) is 11.5 Å². The highest BCUT2D eigenvalue weighted by Crippen LogP contribution is 2.44. The van der Waals surface area contributed by atoms with Gasteiger partial charge in [0.2, 0.25) is 5.75 Å². The van der Waals surface area contributed by atoms with Crippen molar-refractivity contribution >= 4 is 27.3 Å². The zero-order valence-corrected chi connectivity index (χ0v) is 14.1. The lowest BCUT2D eigenvalue weighted by atomic mass is 10.0. The summed E-state index contributed by atoms with van der Waals surface area (Å²) in [5.74, 6) is 2.01. The second-order valence-corrected chi connectivity index (χ2v) is 6.11. The minimum Gasteiger partial charge on any atom is -0.493 e. The van der Waals surface area contributed by atoms with Crippen LogP contribution < -0.4 is 14.2 Å². The number of rotatable bonds is 6. The van der Waals surface area contributed by atoms with E-state index in [1.165, 1.54) is 5.56 Å². The summed E-state index contributed by atoms with van der Waals surface area (Å²) in [7, 11) is 4.88. The molecule has 0 amide bonds. The average Bonchev–Trinajstić information content (AvgIpc) is 2.98. The highest BCUT2D eigenvalue weighted by molar-refractivity contribution is 9.09. The van der Waals surface area contributed by atoms with Crippen LogP contribution in [0.1, 0.15) is 16.0 Å². The van der Waals surface area contributed by atoms with Crippen LogP contribution in [0.4, 0.5) is 0 Å². The van der Waals surface area contributed by atoms with Crippen LogP contribution in [0.2, 0.25) is 0 Å². The molecule has 2 rings (SSSR count). The minimum atomic E-state index is 0.159. The molecule has 1 aromatic heterocycles. The molecular weight excluding hydrogens is 340 g/mol. The number of thiophene rings is 1. The third-order valence-corrected chi connectivity index (χ3v) is 4.62. The second kappa shape index (κ2) is 6.99. The van der Waals surface area contributed by atoms with Gasteiger partial charge >= 0.3 is 0 Å². The molecule has 3 nitrogen and oxygen atoms in total. The molecule has 0 saturated heterocycles. The molecule has 1 unspecified atom stereocenters. The van der Waals surface area contributed by atoms with Crippen molar-refractivity contribution in [2.45, 2.75) is 11.2 Å². The molecule has 0 saturated carbocycles. The Morgan fingerprint density at radius 2 is 1.80 bits per heavy atom. The van der Waals surface area contributed by atoms with Gasteiger partial charge < -0.3 is 14.2 Å². The van der Waals surface area contributed by atoms with E-state index in [2.05, 4.69) is 32.8 Å². The average molecular weight is 357 g/mol. The zero-order chi connectivity index (χ0) is 14.5. The highest BCUT2D eigenvalue weighted by Gasteiger charge is 2.20. The van der Waals surface area contributed by atoms with Crippen molar-refractivity contribution in [3.63, 3.8) is 0 Å². The van der Waals surface area contributed by atoms with Crippen molar-refractivity contribution in [3.8, 4) is 17.2 Å². The van der Waals surface area contributed by atoms with Gasteiger partial charge in [0.1, 0.15) is 0 Å². The number of ether oxygens (including phenoxy) is 3. The van der Waals surface area contributed by atoms with Gasteiger partial charge in [-0.15, -0.1) is 0 Å². The smallest absolute Gasteiger partial charge is 0.203 e. The van der Waals surface area contributed by atoms with E-state index in [1.807, 2.05) is 12.1 Å². The summed E-state index contributed by atoms with van der Waals surface area (Å²) in [4.78, 5) is 0.159. The normalized spacial score (nSPS) is 12.0. The largest absolute Gasteiger partial charge is 0.493 e. The van der Waals surface area contributed by atoms with E-state index in [-0.39, 0.29) is 4.83 Å². The predicted molar refractivity (Wildman–Crippen MR) is 85.8 cm³/mol.